The van der Waals surface area contributed by atoms with E-state index in [1.807, 2.05) is 0 Å². The Hall–Kier alpha value is -2.59. The molecule has 0 unspecified atom stereocenters. The lowest BCUT2D eigenvalue weighted by atomic mass is 10.2. The number of carbonyl (C=O) groups is 2. The summed E-state index contributed by atoms with van der Waals surface area (Å²) < 4.78 is 6.45. The van der Waals surface area contributed by atoms with Gasteiger partial charge in [0.2, 0.25) is 5.91 Å². The van der Waals surface area contributed by atoms with Crippen LogP contribution in [0.4, 0.5) is 5.69 Å². The first kappa shape index (κ1) is 19.7. The molecule has 9 nitrogen and oxygen atoms in total. The molecule has 0 spiro atoms. The summed E-state index contributed by atoms with van der Waals surface area (Å²) in [4.78, 5) is 35.3. The van der Waals surface area contributed by atoms with Crippen molar-refractivity contribution in [3.63, 3.8) is 0 Å². The van der Waals surface area contributed by atoms with Crippen LogP contribution < -0.4 is 16.3 Å². The molecule has 2 rings (SSSR count). The van der Waals surface area contributed by atoms with Crippen molar-refractivity contribution in [1.29, 1.82) is 0 Å². The molecule has 0 aliphatic rings. The molecule has 1 heterocycles. The van der Waals surface area contributed by atoms with Crippen LogP contribution in [0.1, 0.15) is 16.8 Å². The van der Waals surface area contributed by atoms with Gasteiger partial charge in [0.1, 0.15) is 0 Å². The number of methoxy groups -OCH3 is 1. The number of nitrogens with one attached hydrogen (secondary N) is 3. The third kappa shape index (κ3) is 5.46. The average Bonchev–Trinajstić information content (AvgIpc) is 3.00. The van der Waals surface area contributed by atoms with Crippen LogP contribution in [-0.2, 0) is 16.1 Å². The van der Waals surface area contributed by atoms with Crippen LogP contribution >= 0.6 is 11.8 Å². The number of H-pyrrole nitrogens is 1. The summed E-state index contributed by atoms with van der Waals surface area (Å²) in [6, 6.07) is 6.57. The van der Waals surface area contributed by atoms with Crippen LogP contribution in [0.3, 0.4) is 0 Å². The van der Waals surface area contributed by atoms with Crippen molar-refractivity contribution in [2.24, 2.45) is 0 Å². The van der Waals surface area contributed by atoms with Crippen LogP contribution in [0.15, 0.2) is 34.2 Å². The lowest BCUT2D eigenvalue weighted by Crippen LogP contribution is -2.20. The maximum atomic E-state index is 12.1. The molecule has 0 saturated heterocycles. The van der Waals surface area contributed by atoms with Crippen molar-refractivity contribution >= 4 is 29.3 Å². The van der Waals surface area contributed by atoms with Gasteiger partial charge in [-0.2, -0.15) is 0 Å². The average molecular weight is 379 g/mol. The Morgan fingerprint density at radius 3 is 2.69 bits per heavy atom. The second kappa shape index (κ2) is 9.78. The smallest absolute Gasteiger partial charge is 0.343 e. The first-order valence-electron chi connectivity index (χ1n) is 7.94. The van der Waals surface area contributed by atoms with E-state index in [4.69, 9.17) is 4.74 Å². The highest BCUT2D eigenvalue weighted by Gasteiger charge is 2.12. The molecule has 10 heteroatoms. The van der Waals surface area contributed by atoms with Crippen molar-refractivity contribution in [3.05, 3.63) is 40.3 Å². The van der Waals surface area contributed by atoms with E-state index in [1.54, 1.807) is 38.4 Å². The monoisotopic (exact) mass is 379 g/mol. The van der Waals surface area contributed by atoms with Gasteiger partial charge in [-0.25, -0.2) is 9.89 Å². The third-order valence-electron chi connectivity index (χ3n) is 3.44. The fourth-order valence-corrected chi connectivity index (χ4v) is 2.93. The number of carbonyl (C=O) groups excluding carboxylic acids is 2. The number of hydrogen-bond donors (Lipinski definition) is 3. The van der Waals surface area contributed by atoms with Crippen LogP contribution in [0.5, 0.6) is 0 Å². The van der Waals surface area contributed by atoms with E-state index in [0.717, 1.165) is 0 Å². The predicted molar refractivity (Wildman–Crippen MR) is 98.5 cm³/mol. The van der Waals surface area contributed by atoms with Crippen molar-refractivity contribution < 1.29 is 14.3 Å². The van der Waals surface area contributed by atoms with Crippen LogP contribution in [-0.4, -0.2) is 53.1 Å². The molecule has 0 bridgehead atoms. The van der Waals surface area contributed by atoms with E-state index in [0.29, 0.717) is 36.0 Å². The topological polar surface area (TPSA) is 118 Å². The Balaban J connectivity index is 1.89. The van der Waals surface area contributed by atoms with Gasteiger partial charge in [-0.15, -0.1) is 5.10 Å². The number of benzene rings is 1. The van der Waals surface area contributed by atoms with E-state index in [-0.39, 0.29) is 23.3 Å². The molecule has 0 fully saturated rings. The molecule has 1 aromatic carbocycles. The van der Waals surface area contributed by atoms with Crippen molar-refractivity contribution in [2.75, 3.05) is 31.8 Å². The first-order chi connectivity index (χ1) is 12.5. The molecule has 140 valence electrons. The van der Waals surface area contributed by atoms with Crippen molar-refractivity contribution in [2.45, 2.75) is 18.1 Å². The quantitative estimate of drug-likeness (QED) is 0.436. The Kier molecular flexibility index (Phi) is 7.42. The number of amides is 2. The molecule has 0 atom stereocenters. The second-order valence-electron chi connectivity index (χ2n) is 5.30. The van der Waals surface area contributed by atoms with Gasteiger partial charge in [-0.05, 0) is 30.7 Å². The molecular formula is C16H21N5O4S. The summed E-state index contributed by atoms with van der Waals surface area (Å²) in [5, 5.41) is 12.0. The summed E-state index contributed by atoms with van der Waals surface area (Å²) in [7, 11) is 3.15. The molecule has 0 aliphatic carbocycles. The van der Waals surface area contributed by atoms with Crippen LogP contribution in [0.2, 0.25) is 0 Å². The maximum Gasteiger partial charge on any atom is 0.343 e. The second-order valence-corrected chi connectivity index (χ2v) is 6.25. The number of hydrogen-bond acceptors (Lipinski definition) is 6. The number of nitrogens with zero attached hydrogens (tertiary/aromatic N) is 2. The summed E-state index contributed by atoms with van der Waals surface area (Å²) in [6.45, 7) is 1.00. The summed E-state index contributed by atoms with van der Waals surface area (Å²) in [5.41, 5.74) is 0.785. The third-order valence-corrected chi connectivity index (χ3v) is 4.42. The molecule has 26 heavy (non-hydrogen) atoms. The van der Waals surface area contributed by atoms with Crippen LogP contribution in [0.25, 0.3) is 0 Å². The first-order valence-corrected chi connectivity index (χ1v) is 8.92. The highest BCUT2D eigenvalue weighted by Crippen LogP contribution is 2.15. The van der Waals surface area contributed by atoms with Crippen molar-refractivity contribution in [3.8, 4) is 0 Å². The fraction of sp³-hybridized carbons (Fsp3) is 0.375. The van der Waals surface area contributed by atoms with Gasteiger partial charge in [0.05, 0.1) is 5.75 Å². The highest BCUT2D eigenvalue weighted by molar-refractivity contribution is 7.99. The fourth-order valence-electron chi connectivity index (χ4n) is 2.15. The molecule has 3 N–H and O–H groups in total. The number of aromatic nitrogens is 3. The molecule has 0 radical (unpaired) electrons. The molecule has 2 aromatic rings. The molecular weight excluding hydrogens is 358 g/mol. The minimum absolute atomic E-state index is 0.103. The van der Waals surface area contributed by atoms with Gasteiger partial charge in [-0.1, -0.05) is 11.8 Å². The lowest BCUT2D eigenvalue weighted by Gasteiger charge is -2.07. The van der Waals surface area contributed by atoms with E-state index < -0.39 is 0 Å². The van der Waals surface area contributed by atoms with Gasteiger partial charge in [0.25, 0.3) is 5.91 Å². The Bertz CT molecular complexity index is 800. The zero-order valence-corrected chi connectivity index (χ0v) is 15.4. The zero-order valence-electron chi connectivity index (χ0n) is 14.6. The number of thioether (sulfide) groups is 1. The van der Waals surface area contributed by atoms with Gasteiger partial charge in [0, 0.05) is 38.6 Å². The van der Waals surface area contributed by atoms with E-state index >= 15 is 0 Å². The van der Waals surface area contributed by atoms with Crippen molar-refractivity contribution in [1.82, 2.24) is 20.1 Å². The molecule has 1 aromatic heterocycles. The number of aromatic amines is 1. The number of anilines is 1. The minimum Gasteiger partial charge on any atom is -0.385 e. The van der Waals surface area contributed by atoms with Gasteiger partial charge in [-0.3, -0.25) is 14.2 Å². The minimum atomic E-state index is -0.311. The summed E-state index contributed by atoms with van der Waals surface area (Å²) >= 11 is 1.17. The molecule has 2 amide bonds. The normalized spacial score (nSPS) is 10.5. The number of ether oxygens (including phenoxy) is 1. The highest BCUT2D eigenvalue weighted by atomic mass is 32.2. The summed E-state index contributed by atoms with van der Waals surface area (Å²) in [6.07, 6.45) is 0.674. The van der Waals surface area contributed by atoms with E-state index in [9.17, 15) is 14.4 Å². The SMILES string of the molecule is CNC(=O)c1ccc(NC(=O)CSc2n[nH]c(=O)n2CCCOC)cc1. The Morgan fingerprint density at radius 1 is 1.31 bits per heavy atom. The van der Waals surface area contributed by atoms with Crippen LogP contribution in [0, 0.1) is 0 Å². The maximum absolute atomic E-state index is 12.1. The van der Waals surface area contributed by atoms with Gasteiger partial charge >= 0.3 is 5.69 Å². The van der Waals surface area contributed by atoms with E-state index in [1.165, 1.54) is 16.3 Å². The summed E-state index contributed by atoms with van der Waals surface area (Å²) in [5.74, 6) is -0.323. The Labute approximate surface area is 154 Å². The lowest BCUT2D eigenvalue weighted by molar-refractivity contribution is -0.113. The number of rotatable bonds is 9. The predicted octanol–water partition coefficient (Wildman–Crippen LogP) is 0.698. The molecule has 0 saturated carbocycles. The molecule has 0 aliphatic heterocycles. The largest absolute Gasteiger partial charge is 0.385 e. The Morgan fingerprint density at radius 2 is 2.04 bits per heavy atom. The van der Waals surface area contributed by atoms with Gasteiger partial charge in [0.15, 0.2) is 5.16 Å². The zero-order chi connectivity index (χ0) is 18.9. The van der Waals surface area contributed by atoms with Gasteiger partial charge < -0.3 is 15.4 Å². The standard InChI is InChI=1S/C16H21N5O4S/c1-17-14(23)11-4-6-12(7-5-11)18-13(22)10-26-16-20-19-15(24)21(16)8-3-9-25-2/h4-7H,3,8-10H2,1-2H3,(H,17,23)(H,18,22)(H,19,24). The van der Waals surface area contributed by atoms with E-state index in [2.05, 4.69) is 20.8 Å².